The molecule has 0 bridgehead atoms. The van der Waals surface area contributed by atoms with Crippen molar-refractivity contribution in [1.82, 2.24) is 10.2 Å². The Morgan fingerprint density at radius 3 is 2.47 bits per heavy atom. The molecule has 3 rings (SSSR count). The normalized spacial score (nSPS) is 11.2. The molecule has 0 aliphatic rings. The van der Waals surface area contributed by atoms with Crippen molar-refractivity contribution < 1.29 is 19.0 Å². The van der Waals surface area contributed by atoms with Gasteiger partial charge in [-0.25, -0.2) is 0 Å². The predicted molar refractivity (Wildman–Crippen MR) is 141 cm³/mol. The summed E-state index contributed by atoms with van der Waals surface area (Å²) < 4.78 is 17.5. The van der Waals surface area contributed by atoms with E-state index in [9.17, 15) is 10.1 Å². The average Bonchev–Trinajstić information content (AvgIpc) is 3.32. The Morgan fingerprint density at radius 2 is 1.81 bits per heavy atom. The Hall–Kier alpha value is -3.90. The van der Waals surface area contributed by atoms with Crippen LogP contribution in [-0.2, 0) is 4.79 Å². The predicted octanol–water partition coefficient (Wildman–Crippen LogP) is 5.68. The molecule has 8 nitrogen and oxygen atoms in total. The molecule has 9 heteroatoms. The van der Waals surface area contributed by atoms with E-state index in [1.54, 1.807) is 18.2 Å². The Kier molecular flexibility index (Phi) is 9.42. The van der Waals surface area contributed by atoms with Crippen LogP contribution in [0.5, 0.6) is 17.2 Å². The third kappa shape index (κ3) is 7.30. The summed E-state index contributed by atoms with van der Waals surface area (Å²) in [6.07, 6.45) is 1.50. The fraction of sp³-hybridized carbons (Fsp3) is 0.333. The Labute approximate surface area is 215 Å². The summed E-state index contributed by atoms with van der Waals surface area (Å²) in [6, 6.07) is 13.3. The molecule has 1 heterocycles. The SMILES string of the molecule is CCOc1cc(C=C(C#N)C(=O)Nc2nnc(C(C)C)s2)ccc1OCCOc1cc(C)ccc1C. The molecule has 0 saturated heterocycles. The first-order valence-electron chi connectivity index (χ1n) is 11.7. The molecule has 0 fully saturated rings. The Morgan fingerprint density at radius 1 is 1.06 bits per heavy atom. The van der Waals surface area contributed by atoms with Gasteiger partial charge in [0.1, 0.15) is 35.6 Å². The van der Waals surface area contributed by atoms with E-state index in [0.717, 1.165) is 21.9 Å². The van der Waals surface area contributed by atoms with Crippen LogP contribution in [0.4, 0.5) is 5.13 Å². The number of ether oxygens (including phenoxy) is 3. The second kappa shape index (κ2) is 12.7. The van der Waals surface area contributed by atoms with Crippen LogP contribution in [0.1, 0.15) is 48.4 Å². The molecule has 0 saturated carbocycles. The minimum atomic E-state index is -0.550. The summed E-state index contributed by atoms with van der Waals surface area (Å²) in [6.45, 7) is 11.0. The van der Waals surface area contributed by atoms with E-state index < -0.39 is 5.91 Å². The van der Waals surface area contributed by atoms with E-state index in [4.69, 9.17) is 14.2 Å². The van der Waals surface area contributed by atoms with Crippen LogP contribution in [0.2, 0.25) is 0 Å². The van der Waals surface area contributed by atoms with Crippen molar-refractivity contribution in [2.24, 2.45) is 0 Å². The fourth-order valence-corrected chi connectivity index (χ4v) is 3.91. The van der Waals surface area contributed by atoms with Crippen molar-refractivity contribution in [3.8, 4) is 23.3 Å². The van der Waals surface area contributed by atoms with Crippen LogP contribution in [-0.4, -0.2) is 35.9 Å². The number of anilines is 1. The number of nitriles is 1. The van der Waals surface area contributed by atoms with Gasteiger partial charge in [-0.05, 0) is 61.7 Å². The molecule has 0 aliphatic heterocycles. The van der Waals surface area contributed by atoms with E-state index in [2.05, 4.69) is 15.5 Å². The lowest BCUT2D eigenvalue weighted by Gasteiger charge is -2.14. The number of nitrogens with zero attached hydrogens (tertiary/aromatic N) is 3. The van der Waals surface area contributed by atoms with Crippen LogP contribution < -0.4 is 19.5 Å². The smallest absolute Gasteiger partial charge is 0.268 e. The van der Waals surface area contributed by atoms with Gasteiger partial charge in [0, 0.05) is 5.92 Å². The topological polar surface area (TPSA) is 106 Å². The lowest BCUT2D eigenvalue weighted by Crippen LogP contribution is -2.13. The van der Waals surface area contributed by atoms with Crippen LogP contribution in [0.15, 0.2) is 42.0 Å². The van der Waals surface area contributed by atoms with Gasteiger partial charge in [0.25, 0.3) is 5.91 Å². The van der Waals surface area contributed by atoms with Gasteiger partial charge in [-0.1, -0.05) is 43.4 Å². The third-order valence-corrected chi connectivity index (χ3v) is 6.18. The Balaban J connectivity index is 1.66. The van der Waals surface area contributed by atoms with Crippen LogP contribution in [0.3, 0.4) is 0 Å². The minimum absolute atomic E-state index is 0.0608. The quantitative estimate of drug-likeness (QED) is 0.203. The van der Waals surface area contributed by atoms with E-state index in [-0.39, 0.29) is 11.5 Å². The summed E-state index contributed by atoms with van der Waals surface area (Å²) >= 11 is 1.29. The summed E-state index contributed by atoms with van der Waals surface area (Å²) in [5, 5.41) is 21.4. The van der Waals surface area contributed by atoms with Gasteiger partial charge in [0.2, 0.25) is 5.13 Å². The third-order valence-electron chi connectivity index (χ3n) is 5.04. The largest absolute Gasteiger partial charge is 0.490 e. The van der Waals surface area contributed by atoms with E-state index in [0.29, 0.717) is 42.0 Å². The van der Waals surface area contributed by atoms with Crippen LogP contribution >= 0.6 is 11.3 Å². The molecule has 2 aromatic carbocycles. The maximum absolute atomic E-state index is 12.6. The highest BCUT2D eigenvalue weighted by molar-refractivity contribution is 7.15. The zero-order chi connectivity index (χ0) is 26.1. The molecule has 1 aromatic heterocycles. The number of aryl methyl sites for hydroxylation is 2. The molecule has 0 spiro atoms. The van der Waals surface area contributed by atoms with E-state index in [1.807, 2.05) is 58.9 Å². The Bertz CT molecular complexity index is 1280. The molecular formula is C27H30N4O4S. The van der Waals surface area contributed by atoms with Gasteiger partial charge in [-0.2, -0.15) is 5.26 Å². The molecule has 1 N–H and O–H groups in total. The first kappa shape index (κ1) is 26.7. The minimum Gasteiger partial charge on any atom is -0.490 e. The molecular weight excluding hydrogens is 476 g/mol. The number of amides is 1. The molecule has 0 aliphatic carbocycles. The van der Waals surface area contributed by atoms with Crippen LogP contribution in [0.25, 0.3) is 6.08 Å². The average molecular weight is 507 g/mol. The summed E-state index contributed by atoms with van der Waals surface area (Å²) in [5.74, 6) is 1.55. The van der Waals surface area contributed by atoms with Gasteiger partial charge in [-0.3, -0.25) is 10.1 Å². The summed E-state index contributed by atoms with van der Waals surface area (Å²) in [4.78, 5) is 12.6. The van der Waals surface area contributed by atoms with Gasteiger partial charge in [0.05, 0.1) is 6.61 Å². The molecule has 3 aromatic rings. The number of hydrogen-bond acceptors (Lipinski definition) is 8. The first-order valence-corrected chi connectivity index (χ1v) is 12.5. The number of rotatable bonds is 11. The van der Waals surface area contributed by atoms with E-state index >= 15 is 0 Å². The number of aromatic nitrogens is 2. The summed E-state index contributed by atoms with van der Waals surface area (Å²) in [7, 11) is 0. The summed E-state index contributed by atoms with van der Waals surface area (Å²) in [5.41, 5.74) is 2.77. The van der Waals surface area contributed by atoms with Crippen molar-refractivity contribution in [1.29, 1.82) is 5.26 Å². The molecule has 1 amide bonds. The molecule has 188 valence electrons. The standard InChI is InChI=1S/C27H30N4O4S/c1-6-33-24-15-20(14-21(16-28)25(32)29-27-31-30-26(36-27)17(2)3)9-10-22(24)34-11-12-35-23-13-18(4)7-8-19(23)5/h7-10,13-15,17H,6,11-12H2,1-5H3,(H,29,31,32). The zero-order valence-electron chi connectivity index (χ0n) is 21.1. The van der Waals surface area contributed by atoms with Crippen molar-refractivity contribution in [2.75, 3.05) is 25.1 Å². The van der Waals surface area contributed by atoms with Gasteiger partial charge in [-0.15, -0.1) is 10.2 Å². The molecule has 0 radical (unpaired) electrons. The van der Waals surface area contributed by atoms with Gasteiger partial charge in [0.15, 0.2) is 11.5 Å². The number of carbonyl (C=O) groups excluding carboxylic acids is 1. The second-order valence-electron chi connectivity index (χ2n) is 8.33. The van der Waals surface area contributed by atoms with E-state index in [1.165, 1.54) is 17.4 Å². The lowest BCUT2D eigenvalue weighted by molar-refractivity contribution is -0.112. The maximum Gasteiger partial charge on any atom is 0.268 e. The number of hydrogen-bond donors (Lipinski definition) is 1. The number of carbonyl (C=O) groups is 1. The van der Waals surface area contributed by atoms with Gasteiger partial charge < -0.3 is 14.2 Å². The molecule has 36 heavy (non-hydrogen) atoms. The first-order chi connectivity index (χ1) is 17.3. The highest BCUT2D eigenvalue weighted by Crippen LogP contribution is 2.30. The lowest BCUT2D eigenvalue weighted by atomic mass is 10.1. The molecule has 0 atom stereocenters. The molecule has 0 unspecified atom stereocenters. The monoisotopic (exact) mass is 506 g/mol. The van der Waals surface area contributed by atoms with Crippen molar-refractivity contribution in [3.63, 3.8) is 0 Å². The number of nitrogens with one attached hydrogen (secondary N) is 1. The van der Waals surface area contributed by atoms with Crippen LogP contribution in [0, 0.1) is 25.2 Å². The highest BCUT2D eigenvalue weighted by Gasteiger charge is 2.15. The highest BCUT2D eigenvalue weighted by atomic mass is 32.1. The van der Waals surface area contributed by atoms with Crippen molar-refractivity contribution in [2.45, 2.75) is 40.5 Å². The fourth-order valence-electron chi connectivity index (χ4n) is 3.17. The van der Waals surface area contributed by atoms with Crippen molar-refractivity contribution >= 4 is 28.5 Å². The van der Waals surface area contributed by atoms with Crippen molar-refractivity contribution in [3.05, 3.63) is 63.7 Å². The zero-order valence-corrected chi connectivity index (χ0v) is 21.9. The number of benzene rings is 2. The van der Waals surface area contributed by atoms with Gasteiger partial charge >= 0.3 is 0 Å². The maximum atomic E-state index is 12.6. The second-order valence-corrected chi connectivity index (χ2v) is 9.34.